The Bertz CT molecular complexity index is 81.0. The highest BCUT2D eigenvalue weighted by atomic mass is 32.1. The number of thiol groups is 1. The second-order valence-corrected chi connectivity index (χ2v) is 2.57. The average molecular weight is 166 g/mol. The van der Waals surface area contributed by atoms with Crippen LogP contribution in [0.25, 0.3) is 0 Å². The first kappa shape index (κ1) is 11.9. The van der Waals surface area contributed by atoms with Crippen molar-refractivity contribution in [1.82, 2.24) is 11.1 Å². The maximum atomic E-state index is 4.81. The highest BCUT2D eigenvalue weighted by Gasteiger charge is 1.96. The molecule has 0 aliphatic heterocycles. The van der Waals surface area contributed by atoms with E-state index in [2.05, 4.69) is 26.5 Å². The van der Waals surface area contributed by atoms with Gasteiger partial charge in [0.2, 0.25) is 0 Å². The molecule has 0 amide bonds. The molecular weight excluding hydrogens is 152 g/mol. The molecule has 0 aromatic rings. The van der Waals surface area contributed by atoms with Crippen LogP contribution in [-0.4, -0.2) is 22.3 Å². The lowest BCUT2D eigenvalue weighted by Gasteiger charge is -2.16. The Morgan fingerprint density at radius 2 is 1.78 bits per heavy atom. The van der Waals surface area contributed by atoms with E-state index in [4.69, 9.17) is 12.2 Å². The maximum absolute atomic E-state index is 4.81. The van der Waals surface area contributed by atoms with E-state index in [9.17, 15) is 0 Å². The van der Waals surface area contributed by atoms with Gasteiger partial charge in [-0.2, -0.15) is 0 Å². The number of thiocarbonyl (C=S) groups is 1. The van der Waals surface area contributed by atoms with Gasteiger partial charge in [-0.05, 0) is 13.8 Å². The number of hydrogen-bond donors (Lipinski definition) is 2. The van der Waals surface area contributed by atoms with Crippen molar-refractivity contribution < 1.29 is 0 Å². The van der Waals surface area contributed by atoms with E-state index in [1.807, 2.05) is 4.90 Å². The quantitative estimate of drug-likeness (QED) is 0.484. The lowest BCUT2D eigenvalue weighted by atomic mass is 10.6. The summed E-state index contributed by atoms with van der Waals surface area (Å²) in [5, 5.41) is 0. The summed E-state index contributed by atoms with van der Waals surface area (Å²) in [6.07, 6.45) is 0. The van der Waals surface area contributed by atoms with Crippen LogP contribution < -0.4 is 6.15 Å². The Morgan fingerprint density at radius 3 is 1.78 bits per heavy atom. The Hall–Kier alpha value is 0.200. The molecule has 0 rings (SSSR count). The summed E-state index contributed by atoms with van der Waals surface area (Å²) in [5.41, 5.74) is 0. The van der Waals surface area contributed by atoms with E-state index in [1.165, 1.54) is 0 Å². The SMILES string of the molecule is CCN(CC)C(=S)S.N. The van der Waals surface area contributed by atoms with Crippen molar-refractivity contribution in [3.63, 3.8) is 0 Å². The van der Waals surface area contributed by atoms with Gasteiger partial charge < -0.3 is 11.1 Å². The highest BCUT2D eigenvalue weighted by Crippen LogP contribution is 1.93. The van der Waals surface area contributed by atoms with Gasteiger partial charge in [-0.15, -0.1) is 12.6 Å². The third-order valence-corrected chi connectivity index (χ3v) is 1.58. The zero-order valence-corrected chi connectivity index (χ0v) is 7.63. The first-order chi connectivity index (χ1) is 3.72. The van der Waals surface area contributed by atoms with Gasteiger partial charge in [0.1, 0.15) is 4.32 Å². The van der Waals surface area contributed by atoms with Gasteiger partial charge in [0.05, 0.1) is 0 Å². The van der Waals surface area contributed by atoms with Gasteiger partial charge in [-0.1, -0.05) is 12.2 Å². The molecule has 0 spiro atoms. The minimum Gasteiger partial charge on any atom is -0.358 e. The van der Waals surface area contributed by atoms with Gasteiger partial charge in [-0.25, -0.2) is 0 Å². The first-order valence-corrected chi connectivity index (χ1v) is 3.55. The lowest BCUT2D eigenvalue weighted by Crippen LogP contribution is -2.24. The fourth-order valence-corrected chi connectivity index (χ4v) is 1.04. The average Bonchev–Trinajstić information content (AvgIpc) is 1.69. The van der Waals surface area contributed by atoms with Gasteiger partial charge in [0.25, 0.3) is 0 Å². The van der Waals surface area contributed by atoms with Crippen LogP contribution in [0.3, 0.4) is 0 Å². The number of hydrogen-bond acceptors (Lipinski definition) is 2. The molecule has 4 heteroatoms. The molecule has 0 aliphatic rings. The maximum Gasteiger partial charge on any atom is 0.133 e. The lowest BCUT2D eigenvalue weighted by molar-refractivity contribution is 0.482. The summed E-state index contributed by atoms with van der Waals surface area (Å²) in [7, 11) is 0. The number of rotatable bonds is 2. The van der Waals surface area contributed by atoms with Gasteiger partial charge >= 0.3 is 0 Å². The summed E-state index contributed by atoms with van der Waals surface area (Å²) in [6.45, 7) is 6.04. The van der Waals surface area contributed by atoms with Gasteiger partial charge in [0.15, 0.2) is 0 Å². The molecule has 0 unspecified atom stereocenters. The van der Waals surface area contributed by atoms with E-state index in [0.29, 0.717) is 4.32 Å². The summed E-state index contributed by atoms with van der Waals surface area (Å²) in [6, 6.07) is 0. The zero-order valence-electron chi connectivity index (χ0n) is 5.92. The molecule has 0 bridgehead atoms. The van der Waals surface area contributed by atoms with Crippen LogP contribution in [0.4, 0.5) is 0 Å². The van der Waals surface area contributed by atoms with Crippen molar-refractivity contribution in [2.75, 3.05) is 13.1 Å². The highest BCUT2D eigenvalue weighted by molar-refractivity contribution is 8.10. The predicted octanol–water partition coefficient (Wildman–Crippen LogP) is 1.70. The standard InChI is InChI=1S/C5H11NS2.H3N/c1-3-6(4-2)5(7)8;/h3-4H2,1-2H3,(H,7,8);1H3. The third-order valence-electron chi connectivity index (χ3n) is 1.03. The first-order valence-electron chi connectivity index (χ1n) is 2.70. The van der Waals surface area contributed by atoms with Crippen molar-refractivity contribution in [1.29, 1.82) is 0 Å². The summed E-state index contributed by atoms with van der Waals surface area (Å²) in [5.74, 6) is 0. The second-order valence-electron chi connectivity index (χ2n) is 1.45. The minimum atomic E-state index is 0. The van der Waals surface area contributed by atoms with Crippen LogP contribution in [0.2, 0.25) is 0 Å². The molecule has 0 heterocycles. The molecule has 0 fully saturated rings. The molecule has 0 aromatic carbocycles. The Morgan fingerprint density at radius 1 is 1.44 bits per heavy atom. The van der Waals surface area contributed by atoms with Crippen LogP contribution in [0.5, 0.6) is 0 Å². The van der Waals surface area contributed by atoms with Crippen LogP contribution in [-0.2, 0) is 0 Å². The van der Waals surface area contributed by atoms with Crippen molar-refractivity contribution in [2.45, 2.75) is 13.8 Å². The smallest absolute Gasteiger partial charge is 0.133 e. The van der Waals surface area contributed by atoms with E-state index in [0.717, 1.165) is 13.1 Å². The molecule has 56 valence electrons. The molecule has 9 heavy (non-hydrogen) atoms. The van der Waals surface area contributed by atoms with Gasteiger partial charge in [0, 0.05) is 13.1 Å². The van der Waals surface area contributed by atoms with Crippen molar-refractivity contribution in [3.05, 3.63) is 0 Å². The van der Waals surface area contributed by atoms with Crippen LogP contribution >= 0.6 is 24.8 Å². The second kappa shape index (κ2) is 6.32. The topological polar surface area (TPSA) is 38.2 Å². The van der Waals surface area contributed by atoms with E-state index in [-0.39, 0.29) is 6.15 Å². The molecular formula is C5H14N2S2. The third kappa shape index (κ3) is 4.69. The summed E-state index contributed by atoms with van der Waals surface area (Å²) >= 11 is 8.82. The monoisotopic (exact) mass is 166 g/mol. The van der Waals surface area contributed by atoms with E-state index in [1.54, 1.807) is 0 Å². The van der Waals surface area contributed by atoms with Crippen molar-refractivity contribution in [3.8, 4) is 0 Å². The summed E-state index contributed by atoms with van der Waals surface area (Å²) in [4.78, 5) is 2.01. The molecule has 0 saturated carbocycles. The molecule has 0 radical (unpaired) electrons. The largest absolute Gasteiger partial charge is 0.358 e. The van der Waals surface area contributed by atoms with Crippen LogP contribution in [0.1, 0.15) is 13.8 Å². The summed E-state index contributed by atoms with van der Waals surface area (Å²) < 4.78 is 0.690. The fraction of sp³-hybridized carbons (Fsp3) is 0.800. The minimum absolute atomic E-state index is 0. The molecule has 3 N–H and O–H groups in total. The molecule has 0 atom stereocenters. The molecule has 0 saturated heterocycles. The van der Waals surface area contributed by atoms with Crippen molar-refractivity contribution >= 4 is 29.2 Å². The normalized spacial score (nSPS) is 7.89. The Balaban J connectivity index is 0. The molecule has 2 nitrogen and oxygen atoms in total. The van der Waals surface area contributed by atoms with Crippen LogP contribution in [0.15, 0.2) is 0 Å². The van der Waals surface area contributed by atoms with Crippen LogP contribution in [0, 0.1) is 0 Å². The van der Waals surface area contributed by atoms with E-state index < -0.39 is 0 Å². The van der Waals surface area contributed by atoms with Crippen molar-refractivity contribution in [2.24, 2.45) is 0 Å². The Kier molecular flexibility index (Phi) is 8.38. The number of nitrogens with zero attached hydrogens (tertiary/aromatic N) is 1. The molecule has 0 aromatic heterocycles. The predicted molar refractivity (Wildman–Crippen MR) is 49.5 cm³/mol. The zero-order chi connectivity index (χ0) is 6.57. The van der Waals surface area contributed by atoms with Gasteiger partial charge in [-0.3, -0.25) is 0 Å². The Labute approximate surface area is 67.6 Å². The fourth-order valence-electron chi connectivity index (χ4n) is 0.494. The van der Waals surface area contributed by atoms with E-state index >= 15 is 0 Å². The molecule has 0 aliphatic carbocycles.